The topological polar surface area (TPSA) is 57.3 Å². The van der Waals surface area contributed by atoms with E-state index >= 15 is 0 Å². The fraction of sp³-hybridized carbons (Fsp3) is 0.619. The minimum Gasteiger partial charge on any atom is -0.490 e. The quantitative estimate of drug-likeness (QED) is 0.719. The third-order valence-corrected chi connectivity index (χ3v) is 6.80. The number of aliphatic hydroxyl groups is 1. The van der Waals surface area contributed by atoms with E-state index in [9.17, 15) is 5.11 Å². The van der Waals surface area contributed by atoms with Gasteiger partial charge in [-0.1, -0.05) is 6.07 Å². The molecule has 0 spiro atoms. The number of hydrogen-bond acceptors (Lipinski definition) is 3. The number of H-pyrrole nitrogens is 1. The molecule has 1 atom stereocenters. The molecule has 2 aromatic rings. The minimum atomic E-state index is -0.466. The van der Waals surface area contributed by atoms with Crippen LogP contribution in [0.15, 0.2) is 30.5 Å². The zero-order valence-corrected chi connectivity index (χ0v) is 15.9. The van der Waals surface area contributed by atoms with Crippen LogP contribution >= 0.6 is 12.4 Å². The predicted octanol–water partition coefficient (Wildman–Crippen LogP) is 3.74. The Kier molecular flexibility index (Phi) is 5.18. The molecular weight excluding hydrogens is 348 g/mol. The lowest BCUT2D eigenvalue weighted by molar-refractivity contribution is -0.0188. The van der Waals surface area contributed by atoms with E-state index in [-0.39, 0.29) is 12.4 Å². The fourth-order valence-corrected chi connectivity index (χ4v) is 5.96. The predicted molar refractivity (Wildman–Crippen MR) is 106 cm³/mol. The van der Waals surface area contributed by atoms with E-state index in [1.807, 2.05) is 30.5 Å². The summed E-state index contributed by atoms with van der Waals surface area (Å²) < 4.78 is 5.89. The summed E-state index contributed by atoms with van der Waals surface area (Å²) in [5, 5.41) is 15.2. The minimum absolute atomic E-state index is 0. The lowest BCUT2D eigenvalue weighted by Gasteiger charge is -2.54. The van der Waals surface area contributed by atoms with Crippen LogP contribution in [0.3, 0.4) is 0 Å². The Balaban J connectivity index is 0.00000168. The first-order valence-corrected chi connectivity index (χ1v) is 9.86. The average Bonchev–Trinajstić information content (AvgIpc) is 3.08. The molecule has 0 saturated heterocycles. The third-order valence-electron chi connectivity index (χ3n) is 6.80. The number of aliphatic hydroxyl groups excluding tert-OH is 1. The molecule has 0 amide bonds. The van der Waals surface area contributed by atoms with Crippen LogP contribution in [0.25, 0.3) is 10.9 Å². The average molecular weight is 377 g/mol. The van der Waals surface area contributed by atoms with E-state index in [4.69, 9.17) is 4.74 Å². The Labute approximate surface area is 161 Å². The van der Waals surface area contributed by atoms with Crippen molar-refractivity contribution in [3.05, 3.63) is 30.5 Å². The zero-order chi connectivity index (χ0) is 16.8. The van der Waals surface area contributed by atoms with Gasteiger partial charge in [0.25, 0.3) is 0 Å². The number of rotatable bonds is 6. The van der Waals surface area contributed by atoms with Crippen molar-refractivity contribution in [2.75, 3.05) is 13.2 Å². The van der Waals surface area contributed by atoms with Crippen LogP contribution in [0.5, 0.6) is 5.75 Å². The number of hydrogen-bond donors (Lipinski definition) is 3. The Morgan fingerprint density at radius 2 is 1.81 bits per heavy atom. The van der Waals surface area contributed by atoms with E-state index in [1.54, 1.807) is 0 Å². The second-order valence-electron chi connectivity index (χ2n) is 8.52. The normalized spacial score (nSPS) is 33.2. The van der Waals surface area contributed by atoms with Crippen molar-refractivity contribution in [2.24, 2.45) is 23.7 Å². The molecule has 4 saturated carbocycles. The van der Waals surface area contributed by atoms with Crippen molar-refractivity contribution in [1.82, 2.24) is 10.3 Å². The number of aromatic nitrogens is 1. The first-order chi connectivity index (χ1) is 12.3. The molecule has 26 heavy (non-hydrogen) atoms. The van der Waals surface area contributed by atoms with Gasteiger partial charge in [0.2, 0.25) is 0 Å². The lowest BCUT2D eigenvalue weighted by Crippen LogP contribution is -2.55. The second kappa shape index (κ2) is 7.41. The van der Waals surface area contributed by atoms with Crippen molar-refractivity contribution < 1.29 is 9.84 Å². The van der Waals surface area contributed by atoms with Gasteiger partial charge in [-0.2, -0.15) is 0 Å². The molecular formula is C21H29ClN2O2. The summed E-state index contributed by atoms with van der Waals surface area (Å²) in [6.07, 6.45) is 8.58. The smallest absolute Gasteiger partial charge is 0.128 e. The number of ether oxygens (including phenoxy) is 1. The molecule has 1 unspecified atom stereocenters. The highest BCUT2D eigenvalue weighted by atomic mass is 35.5. The van der Waals surface area contributed by atoms with Crippen LogP contribution in [0.2, 0.25) is 0 Å². The van der Waals surface area contributed by atoms with Crippen molar-refractivity contribution in [3.63, 3.8) is 0 Å². The van der Waals surface area contributed by atoms with Gasteiger partial charge in [0.05, 0.1) is 0 Å². The van der Waals surface area contributed by atoms with Crippen LogP contribution in [0.4, 0.5) is 0 Å². The molecule has 1 aromatic carbocycles. The number of halogens is 1. The SMILES string of the molecule is Cl.OC(CNC1C2CC3CC(C2)CC1C3)COc1cccc2[nH]ccc12. The van der Waals surface area contributed by atoms with Crippen LogP contribution in [0, 0.1) is 23.7 Å². The van der Waals surface area contributed by atoms with Gasteiger partial charge < -0.3 is 20.1 Å². The molecule has 6 rings (SSSR count). The maximum atomic E-state index is 10.4. The molecule has 4 aliphatic carbocycles. The van der Waals surface area contributed by atoms with Gasteiger partial charge in [-0.05, 0) is 74.0 Å². The Hall–Kier alpha value is -1.23. The molecule has 4 bridgehead atoms. The van der Waals surface area contributed by atoms with Crippen molar-refractivity contribution >= 4 is 23.3 Å². The monoisotopic (exact) mass is 376 g/mol. The maximum absolute atomic E-state index is 10.4. The molecule has 5 heteroatoms. The Morgan fingerprint density at radius 3 is 2.54 bits per heavy atom. The van der Waals surface area contributed by atoms with E-state index < -0.39 is 6.10 Å². The third kappa shape index (κ3) is 3.35. The molecule has 1 aromatic heterocycles. The van der Waals surface area contributed by atoms with Crippen molar-refractivity contribution in [1.29, 1.82) is 0 Å². The van der Waals surface area contributed by atoms with Crippen LogP contribution in [-0.4, -0.2) is 35.4 Å². The zero-order valence-electron chi connectivity index (χ0n) is 15.1. The molecule has 3 N–H and O–H groups in total. The number of benzene rings is 1. The summed E-state index contributed by atoms with van der Waals surface area (Å²) in [5.74, 6) is 4.52. The second-order valence-corrected chi connectivity index (χ2v) is 8.52. The molecule has 0 aliphatic heterocycles. The highest BCUT2D eigenvalue weighted by molar-refractivity contribution is 5.86. The molecule has 1 heterocycles. The first-order valence-electron chi connectivity index (χ1n) is 9.86. The summed E-state index contributed by atoms with van der Waals surface area (Å²) in [4.78, 5) is 3.19. The Morgan fingerprint density at radius 1 is 1.08 bits per heavy atom. The van der Waals surface area contributed by atoms with Gasteiger partial charge in [0.15, 0.2) is 0 Å². The number of fused-ring (bicyclic) bond motifs is 1. The first kappa shape index (κ1) is 18.1. The van der Waals surface area contributed by atoms with Crippen molar-refractivity contribution in [3.8, 4) is 5.75 Å². The lowest BCUT2D eigenvalue weighted by atomic mass is 9.54. The summed E-state index contributed by atoms with van der Waals surface area (Å²) >= 11 is 0. The van der Waals surface area contributed by atoms with E-state index in [2.05, 4.69) is 10.3 Å². The van der Waals surface area contributed by atoms with Gasteiger partial charge in [-0.15, -0.1) is 12.4 Å². The van der Waals surface area contributed by atoms with Crippen LogP contribution in [0.1, 0.15) is 32.1 Å². The summed E-state index contributed by atoms with van der Waals surface area (Å²) in [7, 11) is 0. The van der Waals surface area contributed by atoms with Crippen LogP contribution < -0.4 is 10.1 Å². The molecule has 4 fully saturated rings. The highest BCUT2D eigenvalue weighted by Gasteiger charge is 2.47. The highest BCUT2D eigenvalue weighted by Crippen LogP contribution is 2.53. The van der Waals surface area contributed by atoms with Gasteiger partial charge in [0.1, 0.15) is 18.5 Å². The van der Waals surface area contributed by atoms with Crippen LogP contribution in [-0.2, 0) is 0 Å². The number of nitrogens with one attached hydrogen (secondary N) is 2. The fourth-order valence-electron chi connectivity index (χ4n) is 5.96. The van der Waals surface area contributed by atoms with Gasteiger partial charge >= 0.3 is 0 Å². The number of aromatic amines is 1. The standard InChI is InChI=1S/C21H28N2O2.ClH/c24-17(12-25-20-3-1-2-19-18(20)4-5-22-19)11-23-21-15-7-13-6-14(9-15)10-16(21)8-13;/h1-5,13-17,21-24H,6-12H2;1H. The van der Waals surface area contributed by atoms with Gasteiger partial charge in [-0.3, -0.25) is 0 Å². The van der Waals surface area contributed by atoms with Gasteiger partial charge in [-0.25, -0.2) is 0 Å². The Bertz CT molecular complexity index is 718. The molecule has 4 nitrogen and oxygen atoms in total. The van der Waals surface area contributed by atoms with E-state index in [0.717, 1.165) is 40.3 Å². The summed E-state index contributed by atoms with van der Waals surface area (Å²) in [6, 6.07) is 8.62. The molecule has 142 valence electrons. The molecule has 4 aliphatic rings. The van der Waals surface area contributed by atoms with Crippen molar-refractivity contribution in [2.45, 2.75) is 44.2 Å². The summed E-state index contributed by atoms with van der Waals surface area (Å²) in [5.41, 5.74) is 1.07. The maximum Gasteiger partial charge on any atom is 0.128 e. The van der Waals surface area contributed by atoms with Gasteiger partial charge in [0, 0.05) is 29.7 Å². The molecule has 0 radical (unpaired) electrons. The van der Waals surface area contributed by atoms with E-state index in [1.165, 1.54) is 32.1 Å². The summed E-state index contributed by atoms with van der Waals surface area (Å²) in [6.45, 7) is 0.973. The largest absolute Gasteiger partial charge is 0.490 e. The van der Waals surface area contributed by atoms with E-state index in [0.29, 0.717) is 19.2 Å².